The van der Waals surface area contributed by atoms with Crippen LogP contribution < -0.4 is 10.5 Å². The zero-order valence-corrected chi connectivity index (χ0v) is 20.6. The van der Waals surface area contributed by atoms with Crippen molar-refractivity contribution in [1.82, 2.24) is 14.3 Å². The van der Waals surface area contributed by atoms with Gasteiger partial charge in [-0.1, -0.05) is 56.7 Å². The Morgan fingerprint density at radius 2 is 1.97 bits per heavy atom. The van der Waals surface area contributed by atoms with Crippen LogP contribution in [0.2, 0.25) is 0 Å². The van der Waals surface area contributed by atoms with Crippen molar-refractivity contribution in [1.29, 1.82) is 0 Å². The van der Waals surface area contributed by atoms with Gasteiger partial charge in [0, 0.05) is 25.8 Å². The van der Waals surface area contributed by atoms with Crippen molar-refractivity contribution in [2.75, 3.05) is 24.5 Å². The number of thiocarbonyl (C=S) groups is 1. The normalized spacial score (nSPS) is 19.0. The van der Waals surface area contributed by atoms with Gasteiger partial charge in [-0.05, 0) is 49.8 Å². The molecule has 0 aromatic carbocycles. The number of aryl methyl sites for hydroxylation is 1. The summed E-state index contributed by atoms with van der Waals surface area (Å²) in [4.78, 5) is 35.9. The second-order valence-corrected chi connectivity index (χ2v) is 10.5. The summed E-state index contributed by atoms with van der Waals surface area (Å²) in [5.41, 5.74) is 1.92. The number of piperidine rings is 1. The average molecular weight is 471 g/mol. The first-order valence-corrected chi connectivity index (χ1v) is 12.6. The Bertz CT molecular complexity index is 1130. The third-order valence-corrected chi connectivity index (χ3v) is 7.58. The second kappa shape index (κ2) is 9.75. The summed E-state index contributed by atoms with van der Waals surface area (Å²) < 4.78 is 2.15. The first-order chi connectivity index (χ1) is 15.4. The number of hydrogen-bond acceptors (Lipinski definition) is 6. The minimum Gasteiger partial charge on any atom is -0.356 e. The van der Waals surface area contributed by atoms with Gasteiger partial charge in [0.05, 0.1) is 10.5 Å². The van der Waals surface area contributed by atoms with Gasteiger partial charge in [-0.2, -0.15) is 0 Å². The Labute approximate surface area is 198 Å². The largest absolute Gasteiger partial charge is 0.356 e. The number of aromatic nitrogens is 2. The first-order valence-electron chi connectivity index (χ1n) is 11.4. The molecule has 0 radical (unpaired) electrons. The van der Waals surface area contributed by atoms with Gasteiger partial charge in [-0.3, -0.25) is 18.9 Å². The monoisotopic (exact) mass is 470 g/mol. The quantitative estimate of drug-likeness (QED) is 0.349. The predicted molar refractivity (Wildman–Crippen MR) is 136 cm³/mol. The molecule has 1 amide bonds. The fourth-order valence-corrected chi connectivity index (χ4v) is 5.47. The van der Waals surface area contributed by atoms with Crippen molar-refractivity contribution >= 4 is 51.7 Å². The molecule has 0 N–H and O–H groups in total. The van der Waals surface area contributed by atoms with Gasteiger partial charge in [0.1, 0.15) is 15.8 Å². The van der Waals surface area contributed by atoms with E-state index in [9.17, 15) is 9.59 Å². The van der Waals surface area contributed by atoms with E-state index in [1.54, 1.807) is 21.6 Å². The predicted octanol–water partition coefficient (Wildman–Crippen LogP) is 4.63. The summed E-state index contributed by atoms with van der Waals surface area (Å²) in [6, 6.07) is 3.84. The van der Waals surface area contributed by atoms with Gasteiger partial charge in [0.25, 0.3) is 11.5 Å². The number of rotatable bonds is 6. The van der Waals surface area contributed by atoms with E-state index in [0.717, 1.165) is 50.8 Å². The van der Waals surface area contributed by atoms with Crippen LogP contribution in [0.15, 0.2) is 28.0 Å². The number of thioether (sulfide) groups is 1. The molecule has 0 aliphatic carbocycles. The molecular weight excluding hydrogens is 440 g/mol. The number of carbonyl (C=O) groups is 1. The molecular formula is C24H30N4O2S2. The van der Waals surface area contributed by atoms with Crippen LogP contribution in [-0.2, 0) is 4.79 Å². The van der Waals surface area contributed by atoms with Crippen LogP contribution >= 0.6 is 24.0 Å². The Kier molecular flexibility index (Phi) is 7.00. The lowest BCUT2D eigenvalue weighted by molar-refractivity contribution is -0.122. The van der Waals surface area contributed by atoms with Crippen LogP contribution in [-0.4, -0.2) is 44.1 Å². The van der Waals surface area contributed by atoms with Crippen LogP contribution in [0.1, 0.15) is 57.1 Å². The average Bonchev–Trinajstić information content (AvgIpc) is 3.04. The molecule has 0 bridgehead atoms. The van der Waals surface area contributed by atoms with Crippen molar-refractivity contribution in [3.8, 4) is 0 Å². The highest BCUT2D eigenvalue weighted by molar-refractivity contribution is 8.26. The fourth-order valence-electron chi connectivity index (χ4n) is 4.18. The lowest BCUT2D eigenvalue weighted by atomic mass is 9.99. The van der Waals surface area contributed by atoms with Crippen LogP contribution in [0, 0.1) is 12.8 Å². The molecule has 0 unspecified atom stereocenters. The number of anilines is 1. The van der Waals surface area contributed by atoms with Gasteiger partial charge >= 0.3 is 0 Å². The maximum absolute atomic E-state index is 13.6. The Balaban J connectivity index is 1.77. The summed E-state index contributed by atoms with van der Waals surface area (Å²) in [6.45, 7) is 8.68. The van der Waals surface area contributed by atoms with E-state index in [1.165, 1.54) is 11.8 Å². The molecule has 2 fully saturated rings. The van der Waals surface area contributed by atoms with Crippen molar-refractivity contribution in [3.05, 3.63) is 44.7 Å². The summed E-state index contributed by atoms with van der Waals surface area (Å²) in [5, 5.41) is 0. The zero-order chi connectivity index (χ0) is 22.8. The SMILES string of the molecule is CCCCCN1C(=O)/C(=C\c2c(N3CCC(C)CC3)nc3ccc(C)cn3c2=O)SC1=S. The Morgan fingerprint density at radius 3 is 2.69 bits per heavy atom. The number of hydrogen-bond donors (Lipinski definition) is 0. The third kappa shape index (κ3) is 4.62. The van der Waals surface area contributed by atoms with Crippen molar-refractivity contribution < 1.29 is 4.79 Å². The summed E-state index contributed by atoms with van der Waals surface area (Å²) in [6.07, 6.45) is 8.72. The zero-order valence-electron chi connectivity index (χ0n) is 19.0. The molecule has 0 atom stereocenters. The molecule has 2 saturated heterocycles. The molecule has 2 aliphatic rings. The lowest BCUT2D eigenvalue weighted by Crippen LogP contribution is -2.36. The highest BCUT2D eigenvalue weighted by Gasteiger charge is 2.32. The Hall–Kier alpha value is -2.19. The van der Waals surface area contributed by atoms with Gasteiger partial charge in [-0.25, -0.2) is 4.98 Å². The summed E-state index contributed by atoms with van der Waals surface area (Å²) in [5.74, 6) is 1.23. The number of amides is 1. The maximum Gasteiger partial charge on any atom is 0.267 e. The molecule has 2 aromatic heterocycles. The molecule has 4 rings (SSSR count). The molecule has 170 valence electrons. The van der Waals surface area contributed by atoms with Gasteiger partial charge in [0.15, 0.2) is 0 Å². The molecule has 32 heavy (non-hydrogen) atoms. The first kappa shape index (κ1) is 23.0. The topological polar surface area (TPSA) is 57.9 Å². The van der Waals surface area contributed by atoms with Crippen molar-refractivity contribution in [3.63, 3.8) is 0 Å². The number of unbranched alkanes of at least 4 members (excludes halogenated alkanes) is 2. The highest BCUT2D eigenvalue weighted by atomic mass is 32.2. The van der Waals surface area contributed by atoms with E-state index in [4.69, 9.17) is 17.2 Å². The highest BCUT2D eigenvalue weighted by Crippen LogP contribution is 2.34. The van der Waals surface area contributed by atoms with Crippen molar-refractivity contribution in [2.45, 2.75) is 52.9 Å². The molecule has 2 aliphatic heterocycles. The molecule has 0 spiro atoms. The summed E-state index contributed by atoms with van der Waals surface area (Å²) >= 11 is 6.76. The van der Waals surface area contributed by atoms with E-state index in [1.807, 2.05) is 19.1 Å². The van der Waals surface area contributed by atoms with Gasteiger partial charge in [0.2, 0.25) is 0 Å². The van der Waals surface area contributed by atoms with Gasteiger partial charge < -0.3 is 4.90 Å². The Morgan fingerprint density at radius 1 is 1.22 bits per heavy atom. The standard InChI is InChI=1S/C24H30N4O2S2/c1-4-5-6-11-27-23(30)19(32-24(27)31)14-18-21(26-12-9-16(2)10-13-26)25-20-8-7-17(3)15-28(20)22(18)29/h7-8,14-16H,4-6,9-13H2,1-3H3/b19-14+. The minimum absolute atomic E-state index is 0.108. The van der Waals surface area contributed by atoms with Crippen LogP contribution in [0.3, 0.4) is 0 Å². The maximum atomic E-state index is 13.6. The van der Waals surface area contributed by atoms with Crippen LogP contribution in [0.25, 0.3) is 11.7 Å². The molecule has 8 heteroatoms. The van der Waals surface area contributed by atoms with Gasteiger partial charge in [-0.15, -0.1) is 0 Å². The number of pyridine rings is 1. The van der Waals surface area contributed by atoms with E-state index < -0.39 is 0 Å². The molecule has 2 aromatic rings. The van der Waals surface area contributed by atoms with Crippen LogP contribution in [0.4, 0.5) is 5.82 Å². The fraction of sp³-hybridized carbons (Fsp3) is 0.500. The van der Waals surface area contributed by atoms with E-state index in [0.29, 0.717) is 38.7 Å². The number of nitrogens with zero attached hydrogens (tertiary/aromatic N) is 4. The third-order valence-electron chi connectivity index (χ3n) is 6.20. The van der Waals surface area contributed by atoms with E-state index in [2.05, 4.69) is 18.7 Å². The lowest BCUT2D eigenvalue weighted by Gasteiger charge is -2.32. The number of fused-ring (bicyclic) bond motifs is 1. The second-order valence-electron chi connectivity index (χ2n) is 8.80. The van der Waals surface area contributed by atoms with E-state index >= 15 is 0 Å². The smallest absolute Gasteiger partial charge is 0.267 e. The molecule has 0 saturated carbocycles. The van der Waals surface area contributed by atoms with E-state index in [-0.39, 0.29) is 11.5 Å². The molecule has 6 nitrogen and oxygen atoms in total. The van der Waals surface area contributed by atoms with Crippen molar-refractivity contribution in [2.24, 2.45) is 5.92 Å². The molecule has 4 heterocycles. The number of carbonyl (C=O) groups excluding carboxylic acids is 1. The van der Waals surface area contributed by atoms with Crippen LogP contribution in [0.5, 0.6) is 0 Å². The minimum atomic E-state index is -0.149. The summed E-state index contributed by atoms with van der Waals surface area (Å²) in [7, 11) is 0.